The molecule has 0 aliphatic carbocycles. The lowest BCUT2D eigenvalue weighted by molar-refractivity contribution is -0.384. The summed E-state index contributed by atoms with van der Waals surface area (Å²) < 4.78 is 39.8. The van der Waals surface area contributed by atoms with Crippen LogP contribution in [0.5, 0.6) is 5.75 Å². The first-order valence-corrected chi connectivity index (χ1v) is 4.85. The number of benzene rings is 1. The summed E-state index contributed by atoms with van der Waals surface area (Å²) in [5.41, 5.74) is 9.44. The van der Waals surface area contributed by atoms with Crippen LogP contribution in [0.15, 0.2) is 12.1 Å². The number of rotatable bonds is 4. The summed E-state index contributed by atoms with van der Waals surface area (Å²) in [5, 5.41) is 19.5. The van der Waals surface area contributed by atoms with Crippen LogP contribution in [0.25, 0.3) is 0 Å². The van der Waals surface area contributed by atoms with E-state index < -0.39 is 41.1 Å². The zero-order chi connectivity index (χ0) is 14.8. The molecular weight excluding hydrogens is 271 g/mol. The number of nitro benzene ring substituents is 1. The second-order valence-electron chi connectivity index (χ2n) is 3.54. The van der Waals surface area contributed by atoms with Crippen molar-refractivity contribution in [3.63, 3.8) is 0 Å². The van der Waals surface area contributed by atoms with Gasteiger partial charge in [0.15, 0.2) is 0 Å². The van der Waals surface area contributed by atoms with Crippen molar-refractivity contribution in [2.24, 2.45) is 5.73 Å². The number of aliphatic hydroxyl groups excluding tert-OH is 1. The number of hydrogen-bond donors (Lipinski definition) is 3. The van der Waals surface area contributed by atoms with Crippen LogP contribution in [-0.2, 0) is 0 Å². The van der Waals surface area contributed by atoms with Crippen LogP contribution in [0.4, 0.5) is 24.5 Å². The third-order valence-electron chi connectivity index (χ3n) is 2.19. The van der Waals surface area contributed by atoms with Crippen molar-refractivity contribution in [1.82, 2.24) is 0 Å². The van der Waals surface area contributed by atoms with Gasteiger partial charge in [-0.3, -0.25) is 10.1 Å². The van der Waals surface area contributed by atoms with E-state index in [0.717, 1.165) is 6.07 Å². The number of ether oxygens (including phenoxy) is 1. The molecule has 1 rings (SSSR count). The minimum Gasteiger partial charge on any atom is -0.406 e. The third kappa shape index (κ3) is 3.69. The Hall–Kier alpha value is -2.07. The molecule has 0 spiro atoms. The van der Waals surface area contributed by atoms with Gasteiger partial charge in [-0.25, -0.2) is 0 Å². The largest absolute Gasteiger partial charge is 0.573 e. The lowest BCUT2D eigenvalue weighted by Gasteiger charge is -2.15. The number of hydrogen-bond acceptors (Lipinski definition) is 6. The summed E-state index contributed by atoms with van der Waals surface area (Å²) in [6.07, 6.45) is -5.01. The SMILES string of the molecule is Nc1c([C@H](N)CO)cc(OC(F)(F)F)cc1[N+](=O)[O-]. The van der Waals surface area contributed by atoms with Gasteiger partial charge in [0.25, 0.3) is 5.69 Å². The molecule has 0 saturated carbocycles. The molecule has 1 aromatic carbocycles. The topological polar surface area (TPSA) is 125 Å². The number of halogens is 3. The summed E-state index contributed by atoms with van der Waals surface area (Å²) in [6.45, 7) is -0.642. The summed E-state index contributed by atoms with van der Waals surface area (Å²) in [5.74, 6) is -0.827. The summed E-state index contributed by atoms with van der Waals surface area (Å²) >= 11 is 0. The average molecular weight is 281 g/mol. The fourth-order valence-electron chi connectivity index (χ4n) is 1.38. The van der Waals surface area contributed by atoms with E-state index in [1.165, 1.54) is 0 Å². The predicted octanol–water partition coefficient (Wildman–Crippen LogP) is 1.07. The van der Waals surface area contributed by atoms with Crippen molar-refractivity contribution in [3.8, 4) is 5.75 Å². The van der Waals surface area contributed by atoms with Crippen LogP contribution in [0.2, 0.25) is 0 Å². The monoisotopic (exact) mass is 281 g/mol. The average Bonchev–Trinajstić information content (AvgIpc) is 2.27. The Morgan fingerprint density at radius 2 is 2.05 bits per heavy atom. The molecule has 0 fully saturated rings. The van der Waals surface area contributed by atoms with Gasteiger partial charge in [0.2, 0.25) is 0 Å². The molecule has 0 amide bonds. The fraction of sp³-hybridized carbons (Fsp3) is 0.333. The maximum Gasteiger partial charge on any atom is 0.573 e. The van der Waals surface area contributed by atoms with Gasteiger partial charge in [0, 0.05) is 5.56 Å². The minimum absolute atomic E-state index is 0.198. The van der Waals surface area contributed by atoms with Gasteiger partial charge in [-0.15, -0.1) is 13.2 Å². The lowest BCUT2D eigenvalue weighted by atomic mass is 10.0. The molecule has 106 valence electrons. The first kappa shape index (κ1) is 15.0. The minimum atomic E-state index is -5.01. The zero-order valence-corrected chi connectivity index (χ0v) is 9.35. The molecule has 0 radical (unpaired) electrons. The Balaban J connectivity index is 3.35. The quantitative estimate of drug-likeness (QED) is 0.430. The molecule has 0 bridgehead atoms. The van der Waals surface area contributed by atoms with Gasteiger partial charge in [0.05, 0.1) is 23.6 Å². The van der Waals surface area contributed by atoms with E-state index in [0.29, 0.717) is 6.07 Å². The molecule has 0 heterocycles. The molecule has 1 atom stereocenters. The van der Waals surface area contributed by atoms with E-state index in [4.69, 9.17) is 16.6 Å². The molecule has 7 nitrogen and oxygen atoms in total. The van der Waals surface area contributed by atoms with Gasteiger partial charge in [0.1, 0.15) is 11.4 Å². The van der Waals surface area contributed by atoms with Crippen LogP contribution in [0.1, 0.15) is 11.6 Å². The van der Waals surface area contributed by atoms with E-state index in [1.54, 1.807) is 0 Å². The van der Waals surface area contributed by atoms with Crippen molar-refractivity contribution >= 4 is 11.4 Å². The lowest BCUT2D eigenvalue weighted by Crippen LogP contribution is -2.20. The Morgan fingerprint density at radius 3 is 2.47 bits per heavy atom. The zero-order valence-electron chi connectivity index (χ0n) is 9.35. The van der Waals surface area contributed by atoms with Gasteiger partial charge in [-0.05, 0) is 6.07 Å². The summed E-state index contributed by atoms with van der Waals surface area (Å²) in [6, 6.07) is 0.183. The van der Waals surface area contributed by atoms with Gasteiger partial charge >= 0.3 is 6.36 Å². The van der Waals surface area contributed by atoms with E-state index >= 15 is 0 Å². The first-order valence-electron chi connectivity index (χ1n) is 4.85. The van der Waals surface area contributed by atoms with Crippen molar-refractivity contribution in [2.75, 3.05) is 12.3 Å². The Morgan fingerprint density at radius 1 is 1.47 bits per heavy atom. The van der Waals surface area contributed by atoms with E-state index in [1.807, 2.05) is 0 Å². The van der Waals surface area contributed by atoms with Crippen LogP contribution in [0, 0.1) is 10.1 Å². The van der Waals surface area contributed by atoms with E-state index in [-0.39, 0.29) is 5.56 Å². The summed E-state index contributed by atoms with van der Waals surface area (Å²) in [7, 11) is 0. The number of nitro groups is 1. The van der Waals surface area contributed by atoms with E-state index in [2.05, 4.69) is 4.74 Å². The Bertz CT molecular complexity index is 492. The van der Waals surface area contributed by atoms with Gasteiger partial charge < -0.3 is 21.3 Å². The maximum absolute atomic E-state index is 12.1. The molecule has 0 aliphatic rings. The number of alkyl halides is 3. The molecule has 0 saturated heterocycles. The van der Waals surface area contributed by atoms with Crippen molar-refractivity contribution in [2.45, 2.75) is 12.4 Å². The molecule has 0 aliphatic heterocycles. The number of aliphatic hydroxyl groups is 1. The molecule has 0 unspecified atom stereocenters. The smallest absolute Gasteiger partial charge is 0.406 e. The highest BCUT2D eigenvalue weighted by Gasteiger charge is 2.33. The second-order valence-corrected chi connectivity index (χ2v) is 3.54. The Kier molecular flexibility index (Phi) is 4.17. The highest BCUT2D eigenvalue weighted by molar-refractivity contribution is 5.67. The molecule has 1 aromatic rings. The highest BCUT2D eigenvalue weighted by atomic mass is 19.4. The standard InChI is InChI=1S/C9H10F3N3O4/c10-9(11,12)19-4-1-5(6(13)3-16)8(14)7(2-4)15(17)18/h1-2,6,16H,3,13-14H2/t6-/m1/s1. The highest BCUT2D eigenvalue weighted by Crippen LogP contribution is 2.35. The van der Waals surface area contributed by atoms with Crippen LogP contribution < -0.4 is 16.2 Å². The van der Waals surface area contributed by atoms with Gasteiger partial charge in [-0.1, -0.05) is 0 Å². The summed E-state index contributed by atoms with van der Waals surface area (Å²) in [4.78, 5) is 9.72. The Labute approximate surface area is 104 Å². The van der Waals surface area contributed by atoms with Crippen molar-refractivity contribution < 1.29 is 27.9 Å². The van der Waals surface area contributed by atoms with Crippen LogP contribution >= 0.6 is 0 Å². The normalized spacial score (nSPS) is 13.1. The fourth-order valence-corrected chi connectivity index (χ4v) is 1.38. The molecule has 5 N–H and O–H groups in total. The third-order valence-corrected chi connectivity index (χ3v) is 2.19. The van der Waals surface area contributed by atoms with Gasteiger partial charge in [-0.2, -0.15) is 0 Å². The first-order chi connectivity index (χ1) is 8.65. The number of nitrogens with zero attached hydrogens (tertiary/aromatic N) is 1. The molecular formula is C9H10F3N3O4. The van der Waals surface area contributed by atoms with Crippen molar-refractivity contribution in [3.05, 3.63) is 27.8 Å². The molecule has 0 aromatic heterocycles. The van der Waals surface area contributed by atoms with E-state index in [9.17, 15) is 23.3 Å². The number of nitrogens with two attached hydrogens (primary N) is 2. The molecule has 19 heavy (non-hydrogen) atoms. The van der Waals surface area contributed by atoms with Crippen LogP contribution in [0.3, 0.4) is 0 Å². The van der Waals surface area contributed by atoms with Crippen molar-refractivity contribution in [1.29, 1.82) is 0 Å². The number of nitrogen functional groups attached to an aromatic ring is 1. The maximum atomic E-state index is 12.1. The predicted molar refractivity (Wildman–Crippen MR) is 58.2 cm³/mol. The van der Waals surface area contributed by atoms with Crippen LogP contribution in [-0.4, -0.2) is 23.0 Å². The second kappa shape index (κ2) is 5.28. The molecule has 10 heteroatoms. The number of anilines is 1.